The van der Waals surface area contributed by atoms with Crippen LogP contribution in [0.15, 0.2) is 53.8 Å². The van der Waals surface area contributed by atoms with Crippen molar-refractivity contribution in [3.8, 4) is 5.75 Å². The van der Waals surface area contributed by atoms with Gasteiger partial charge in [0.1, 0.15) is 36.8 Å². The van der Waals surface area contributed by atoms with Gasteiger partial charge < -0.3 is 49.6 Å². The van der Waals surface area contributed by atoms with E-state index in [1.54, 1.807) is 18.2 Å². The number of carbonyl (C=O) groups is 2. The minimum Gasteiger partial charge on any atom is -0.508 e. The topological polar surface area (TPSA) is 192 Å². The zero-order chi connectivity index (χ0) is 26.7. The van der Waals surface area contributed by atoms with Gasteiger partial charge in [0.2, 0.25) is 6.29 Å². The predicted molar refractivity (Wildman–Crippen MR) is 123 cm³/mol. The van der Waals surface area contributed by atoms with Gasteiger partial charge in [-0.2, -0.15) is 0 Å². The van der Waals surface area contributed by atoms with Gasteiger partial charge in [0.15, 0.2) is 6.29 Å². The molecule has 1 aromatic carbocycles. The number of hydrogen-bond donors (Lipinski definition) is 6. The fourth-order valence-corrected chi connectivity index (χ4v) is 4.57. The number of rotatable bonds is 8. The van der Waals surface area contributed by atoms with Crippen molar-refractivity contribution in [2.45, 2.75) is 43.4 Å². The van der Waals surface area contributed by atoms with Crippen LogP contribution in [0.1, 0.15) is 12.0 Å². The smallest absolute Gasteiger partial charge is 0.335 e. The first-order chi connectivity index (χ1) is 17.7. The summed E-state index contributed by atoms with van der Waals surface area (Å²) in [6.45, 7) is -0.838. The van der Waals surface area contributed by atoms with Crippen LogP contribution in [0, 0.1) is 11.8 Å². The van der Waals surface area contributed by atoms with Crippen molar-refractivity contribution >= 4 is 18.0 Å². The van der Waals surface area contributed by atoms with Gasteiger partial charge in [-0.15, -0.1) is 0 Å². The number of aliphatic hydroxyl groups is 4. The Balaban J connectivity index is 1.40. The number of aromatic hydroxyl groups is 1. The van der Waals surface area contributed by atoms with E-state index in [1.807, 2.05) is 0 Å². The fourth-order valence-electron chi connectivity index (χ4n) is 4.57. The number of carbonyl (C=O) groups excluding carboxylic acids is 1. The van der Waals surface area contributed by atoms with Gasteiger partial charge in [0.05, 0.1) is 24.4 Å². The molecule has 0 radical (unpaired) electrons. The largest absolute Gasteiger partial charge is 0.508 e. The zero-order valence-electron chi connectivity index (χ0n) is 19.5. The van der Waals surface area contributed by atoms with Crippen molar-refractivity contribution in [2.24, 2.45) is 11.8 Å². The van der Waals surface area contributed by atoms with E-state index in [4.69, 9.17) is 18.9 Å². The van der Waals surface area contributed by atoms with Crippen LogP contribution < -0.4 is 0 Å². The number of carboxylic acids is 1. The third kappa shape index (κ3) is 5.85. The number of phenolic OH excluding ortho intramolecular Hbond substituents is 1. The van der Waals surface area contributed by atoms with Gasteiger partial charge in [-0.25, -0.2) is 9.59 Å². The molecule has 1 fully saturated rings. The minimum absolute atomic E-state index is 0.00951. The molecule has 0 spiro atoms. The van der Waals surface area contributed by atoms with Gasteiger partial charge in [-0.1, -0.05) is 18.2 Å². The van der Waals surface area contributed by atoms with Gasteiger partial charge in [-0.05, 0) is 35.8 Å². The standard InChI is InChI=1S/C25H28O12/c26-9-13-4-7-15-16(23(32)33)10-35-24(19(13)15)37-25-22(31)21(30)20(29)17(36-25)11-34-18(28)8-3-12-1-5-14(27)6-2-12/h1-6,8,10,15,17,19-22,24-27,29-31H,7,9,11H2,(H,32,33)/b8-3+/t15-,17-,19-,20-,21+,22-,24+,25+/m1/s1. The average molecular weight is 520 g/mol. The number of allylic oxidation sites excluding steroid dienone is 1. The molecule has 12 nitrogen and oxygen atoms in total. The first-order valence-electron chi connectivity index (χ1n) is 11.6. The predicted octanol–water partition coefficient (Wildman–Crippen LogP) is -0.348. The Bertz CT molecular complexity index is 1080. The molecule has 1 saturated heterocycles. The highest BCUT2D eigenvalue weighted by atomic mass is 16.8. The van der Waals surface area contributed by atoms with E-state index in [2.05, 4.69) is 0 Å². The summed E-state index contributed by atoms with van der Waals surface area (Å²) >= 11 is 0. The lowest BCUT2D eigenvalue weighted by atomic mass is 9.83. The normalized spacial score (nSPS) is 33.3. The van der Waals surface area contributed by atoms with Crippen molar-refractivity contribution in [2.75, 3.05) is 13.2 Å². The van der Waals surface area contributed by atoms with E-state index in [1.165, 1.54) is 18.2 Å². The molecule has 8 atom stereocenters. The number of carboxylic acid groups (broad SMARTS) is 1. The molecule has 0 unspecified atom stereocenters. The Morgan fingerprint density at radius 1 is 1.05 bits per heavy atom. The fraction of sp³-hybridized carbons (Fsp3) is 0.440. The zero-order valence-corrected chi connectivity index (χ0v) is 19.5. The van der Waals surface area contributed by atoms with Gasteiger partial charge in [-0.3, -0.25) is 0 Å². The summed E-state index contributed by atoms with van der Waals surface area (Å²) in [4.78, 5) is 23.7. The molecule has 0 bridgehead atoms. The molecule has 6 N–H and O–H groups in total. The van der Waals surface area contributed by atoms with E-state index in [9.17, 15) is 40.2 Å². The first-order valence-corrected chi connectivity index (χ1v) is 11.6. The second-order valence-electron chi connectivity index (χ2n) is 8.89. The van der Waals surface area contributed by atoms with E-state index < -0.39 is 67.4 Å². The number of fused-ring (bicyclic) bond motifs is 1. The molecule has 0 amide bonds. The third-order valence-corrected chi connectivity index (χ3v) is 6.58. The number of esters is 1. The highest BCUT2D eigenvalue weighted by molar-refractivity contribution is 5.87. The van der Waals surface area contributed by atoms with Crippen molar-refractivity contribution in [1.82, 2.24) is 0 Å². The maximum absolute atomic E-state index is 12.1. The molecule has 200 valence electrons. The number of aliphatic hydroxyl groups excluding tert-OH is 4. The third-order valence-electron chi connectivity index (χ3n) is 6.58. The Labute approximate surface area is 211 Å². The van der Waals surface area contributed by atoms with Crippen LogP contribution in [-0.2, 0) is 28.5 Å². The molecule has 1 aliphatic carbocycles. The average Bonchev–Trinajstić information content (AvgIpc) is 3.32. The number of ether oxygens (including phenoxy) is 4. The highest BCUT2D eigenvalue weighted by Crippen LogP contribution is 2.44. The van der Waals surface area contributed by atoms with Crippen LogP contribution in [0.2, 0.25) is 0 Å². The number of benzene rings is 1. The molecule has 12 heteroatoms. The molecular weight excluding hydrogens is 492 g/mol. The summed E-state index contributed by atoms with van der Waals surface area (Å²) in [5, 5.41) is 59.6. The van der Waals surface area contributed by atoms with Crippen molar-refractivity contribution in [1.29, 1.82) is 0 Å². The molecule has 2 aliphatic heterocycles. The van der Waals surface area contributed by atoms with E-state index in [0.717, 1.165) is 12.3 Å². The quantitative estimate of drug-likeness (QED) is 0.149. The number of aliphatic carboxylic acids is 1. The lowest BCUT2D eigenvalue weighted by Gasteiger charge is -2.43. The van der Waals surface area contributed by atoms with Crippen LogP contribution in [0.25, 0.3) is 6.08 Å². The van der Waals surface area contributed by atoms with Gasteiger partial charge in [0.25, 0.3) is 0 Å². The van der Waals surface area contributed by atoms with Crippen LogP contribution in [0.3, 0.4) is 0 Å². The van der Waals surface area contributed by atoms with Crippen molar-refractivity contribution in [3.05, 3.63) is 59.4 Å². The second-order valence-corrected chi connectivity index (χ2v) is 8.89. The lowest BCUT2D eigenvalue weighted by molar-refractivity contribution is -0.339. The van der Waals surface area contributed by atoms with Gasteiger partial charge >= 0.3 is 11.9 Å². The summed E-state index contributed by atoms with van der Waals surface area (Å²) in [5.41, 5.74) is 1.14. The monoisotopic (exact) mass is 520 g/mol. The van der Waals surface area contributed by atoms with Crippen molar-refractivity contribution in [3.63, 3.8) is 0 Å². The first kappa shape index (κ1) is 26.8. The Kier molecular flexibility index (Phi) is 8.27. The van der Waals surface area contributed by atoms with E-state index in [0.29, 0.717) is 17.6 Å². The number of phenols is 1. The molecule has 3 aliphatic rings. The van der Waals surface area contributed by atoms with E-state index in [-0.39, 0.29) is 17.9 Å². The Morgan fingerprint density at radius 2 is 1.78 bits per heavy atom. The Hall–Kier alpha value is -3.26. The van der Waals surface area contributed by atoms with Crippen LogP contribution in [0.4, 0.5) is 0 Å². The summed E-state index contributed by atoms with van der Waals surface area (Å²) in [5.74, 6) is -3.08. The maximum Gasteiger partial charge on any atom is 0.335 e. The maximum atomic E-state index is 12.1. The minimum atomic E-state index is -1.71. The molecule has 0 aromatic heterocycles. The Morgan fingerprint density at radius 3 is 2.46 bits per heavy atom. The molecular formula is C25H28O12. The molecule has 4 rings (SSSR count). The summed E-state index contributed by atoms with van der Waals surface area (Å²) in [7, 11) is 0. The summed E-state index contributed by atoms with van der Waals surface area (Å²) in [6, 6.07) is 6.07. The van der Waals surface area contributed by atoms with E-state index >= 15 is 0 Å². The lowest BCUT2D eigenvalue weighted by Crippen LogP contribution is -2.60. The SMILES string of the molecule is O=C(/C=C/c1ccc(O)cc1)OC[C@H]1O[C@@H](O[C@@H]2OC=C(C(=O)O)[C@H]3CC=C(CO)[C@@H]23)[C@H](O)[C@@H](O)[C@@H]1O. The molecule has 1 aromatic rings. The molecule has 37 heavy (non-hydrogen) atoms. The highest BCUT2D eigenvalue weighted by Gasteiger charge is 2.49. The van der Waals surface area contributed by atoms with Gasteiger partial charge in [0, 0.05) is 12.0 Å². The molecule has 2 heterocycles. The second kappa shape index (κ2) is 11.4. The van der Waals surface area contributed by atoms with Crippen molar-refractivity contribution < 1.29 is 59.2 Å². The van der Waals surface area contributed by atoms with Crippen LogP contribution in [0.5, 0.6) is 5.75 Å². The van der Waals surface area contributed by atoms with Crippen LogP contribution >= 0.6 is 0 Å². The van der Waals surface area contributed by atoms with Crippen LogP contribution in [-0.4, -0.2) is 92.8 Å². The summed E-state index contributed by atoms with van der Waals surface area (Å²) < 4.78 is 21.9. The summed E-state index contributed by atoms with van der Waals surface area (Å²) in [6.07, 6.45) is -3.31. The molecule has 0 saturated carbocycles. The number of hydrogen-bond acceptors (Lipinski definition) is 11.